The number of pyridine rings is 1. The Morgan fingerprint density at radius 1 is 1.19 bits per heavy atom. The number of thioether (sulfide) groups is 1. The first-order valence-electron chi connectivity index (χ1n) is 10.00. The van der Waals surface area contributed by atoms with Crippen molar-refractivity contribution in [1.82, 2.24) is 9.88 Å². The minimum atomic E-state index is -1.32. The van der Waals surface area contributed by atoms with Crippen LogP contribution in [0.5, 0.6) is 5.75 Å². The second kappa shape index (κ2) is 7.90. The van der Waals surface area contributed by atoms with Crippen molar-refractivity contribution in [2.24, 2.45) is 0 Å². The number of aromatic nitrogens is 1. The van der Waals surface area contributed by atoms with Crippen molar-refractivity contribution in [3.8, 4) is 5.75 Å². The highest BCUT2D eigenvalue weighted by atomic mass is 32.2. The van der Waals surface area contributed by atoms with Crippen LogP contribution in [-0.4, -0.2) is 47.6 Å². The summed E-state index contributed by atoms with van der Waals surface area (Å²) in [6, 6.07) is 12.0. The molecule has 0 aliphatic carbocycles. The summed E-state index contributed by atoms with van der Waals surface area (Å²) in [7, 11) is 0. The lowest BCUT2D eigenvalue weighted by molar-refractivity contribution is 0.0688. The number of nitrogens with one attached hydrogen (secondary N) is 1. The summed E-state index contributed by atoms with van der Waals surface area (Å²) in [4.78, 5) is 26.8. The van der Waals surface area contributed by atoms with Crippen LogP contribution in [0.2, 0.25) is 0 Å². The van der Waals surface area contributed by atoms with Crippen molar-refractivity contribution in [1.29, 1.82) is 0 Å². The molecule has 1 aromatic heterocycles. The van der Waals surface area contributed by atoms with Gasteiger partial charge in [0.15, 0.2) is 6.23 Å². The number of ether oxygens (including phenoxy) is 1. The monoisotopic (exact) mass is 441 g/mol. The molecule has 2 aromatic carbocycles. The van der Waals surface area contributed by atoms with Gasteiger partial charge in [-0.3, -0.25) is 9.36 Å². The predicted octanol–water partition coefficient (Wildman–Crippen LogP) is 2.93. The van der Waals surface area contributed by atoms with Crippen molar-refractivity contribution in [2.45, 2.75) is 11.3 Å². The van der Waals surface area contributed by atoms with Crippen LogP contribution in [0.3, 0.4) is 0 Å². The summed E-state index contributed by atoms with van der Waals surface area (Å²) in [5, 5.41) is 13.3. The molecule has 7 nitrogen and oxygen atoms in total. The van der Waals surface area contributed by atoms with Gasteiger partial charge in [0, 0.05) is 31.6 Å². The van der Waals surface area contributed by atoms with E-state index in [1.807, 2.05) is 35.2 Å². The molecular weight excluding hydrogens is 421 g/mol. The summed E-state index contributed by atoms with van der Waals surface area (Å²) < 4.78 is 22.9. The fourth-order valence-corrected chi connectivity index (χ4v) is 5.32. The van der Waals surface area contributed by atoms with E-state index in [0.29, 0.717) is 40.8 Å². The van der Waals surface area contributed by atoms with Gasteiger partial charge in [-0.25, -0.2) is 9.18 Å². The van der Waals surface area contributed by atoms with Gasteiger partial charge >= 0.3 is 5.97 Å². The molecular formula is C22H20FN3O4S. The fourth-order valence-electron chi connectivity index (χ4n) is 4.13. The molecule has 2 N–H and O–H groups in total. The number of fused-ring (bicyclic) bond motifs is 3. The number of benzene rings is 2. The van der Waals surface area contributed by atoms with Gasteiger partial charge in [0.1, 0.15) is 17.1 Å². The van der Waals surface area contributed by atoms with Gasteiger partial charge < -0.3 is 20.1 Å². The number of para-hydroxylation sites is 1. The maximum atomic E-state index is 15.0. The van der Waals surface area contributed by atoms with Crippen molar-refractivity contribution in [3.63, 3.8) is 0 Å². The van der Waals surface area contributed by atoms with Crippen LogP contribution in [-0.2, 0) is 0 Å². The minimum Gasteiger partial charge on any atom is -0.477 e. The molecule has 2 aliphatic heterocycles. The normalized spacial score (nSPS) is 18.2. The molecule has 5 rings (SSSR count). The third kappa shape index (κ3) is 3.43. The van der Waals surface area contributed by atoms with E-state index >= 15 is 4.39 Å². The molecule has 0 spiro atoms. The Hall–Kier alpha value is -3.04. The number of rotatable bonds is 4. The number of nitrogens with zero attached hydrogens (tertiary/aromatic N) is 2. The Bertz CT molecular complexity index is 1230. The van der Waals surface area contributed by atoms with Crippen LogP contribution in [0.4, 0.5) is 10.1 Å². The number of carbonyl (C=O) groups is 1. The smallest absolute Gasteiger partial charge is 0.342 e. The first-order valence-corrected chi connectivity index (χ1v) is 11.0. The average molecular weight is 441 g/mol. The molecule has 31 heavy (non-hydrogen) atoms. The molecule has 3 aromatic rings. The van der Waals surface area contributed by atoms with E-state index in [4.69, 9.17) is 4.74 Å². The number of anilines is 1. The Kier molecular flexibility index (Phi) is 5.07. The van der Waals surface area contributed by atoms with E-state index in [0.717, 1.165) is 19.2 Å². The quantitative estimate of drug-likeness (QED) is 0.644. The van der Waals surface area contributed by atoms with Crippen molar-refractivity contribution < 1.29 is 19.0 Å². The molecule has 0 radical (unpaired) electrons. The number of piperazine rings is 1. The number of aromatic carboxylic acids is 1. The van der Waals surface area contributed by atoms with Crippen LogP contribution in [0.25, 0.3) is 10.9 Å². The zero-order valence-corrected chi connectivity index (χ0v) is 17.3. The molecule has 160 valence electrons. The molecule has 0 amide bonds. The van der Waals surface area contributed by atoms with Gasteiger partial charge in [-0.05, 0) is 24.3 Å². The van der Waals surface area contributed by atoms with Gasteiger partial charge in [0.05, 0.1) is 22.0 Å². The Morgan fingerprint density at radius 3 is 2.65 bits per heavy atom. The van der Waals surface area contributed by atoms with Crippen LogP contribution in [0.1, 0.15) is 16.6 Å². The zero-order chi connectivity index (χ0) is 21.5. The van der Waals surface area contributed by atoms with E-state index in [9.17, 15) is 14.7 Å². The van der Waals surface area contributed by atoms with Crippen LogP contribution < -0.4 is 20.4 Å². The maximum Gasteiger partial charge on any atom is 0.342 e. The van der Waals surface area contributed by atoms with Crippen molar-refractivity contribution in [2.75, 3.05) is 36.8 Å². The fraction of sp³-hybridized carbons (Fsp3) is 0.273. The predicted molar refractivity (Wildman–Crippen MR) is 117 cm³/mol. The summed E-state index contributed by atoms with van der Waals surface area (Å²) in [5.74, 6) is -0.785. The standard InChI is InChI=1S/C22H20FN3O4S/c23-15-10-14-16(11-17(15)25-8-6-24-7-9-25)26-18(30-13-4-2-1-3-5-13)12-31-21(26)19(20(14)27)22(28)29/h1-5,10-11,18,24H,6-9,12H2,(H,28,29). The third-order valence-electron chi connectivity index (χ3n) is 5.57. The van der Waals surface area contributed by atoms with Crippen LogP contribution in [0.15, 0.2) is 52.3 Å². The van der Waals surface area contributed by atoms with Gasteiger partial charge in [-0.2, -0.15) is 0 Å². The van der Waals surface area contributed by atoms with Crippen LogP contribution >= 0.6 is 11.8 Å². The zero-order valence-electron chi connectivity index (χ0n) is 16.5. The van der Waals surface area contributed by atoms with E-state index in [2.05, 4.69) is 5.32 Å². The summed E-state index contributed by atoms with van der Waals surface area (Å²) >= 11 is 1.26. The number of carboxylic acid groups (broad SMARTS) is 1. The summed E-state index contributed by atoms with van der Waals surface area (Å²) in [5.41, 5.74) is -0.134. The molecule has 9 heteroatoms. The molecule has 1 saturated heterocycles. The minimum absolute atomic E-state index is 0.0432. The van der Waals surface area contributed by atoms with Gasteiger partial charge in [0.2, 0.25) is 5.43 Å². The lowest BCUT2D eigenvalue weighted by atomic mass is 10.1. The largest absolute Gasteiger partial charge is 0.477 e. The summed E-state index contributed by atoms with van der Waals surface area (Å²) in [6.07, 6.45) is -0.523. The van der Waals surface area contributed by atoms with E-state index in [1.54, 1.807) is 10.6 Å². The molecule has 1 fully saturated rings. The Morgan fingerprint density at radius 2 is 1.94 bits per heavy atom. The highest BCUT2D eigenvalue weighted by Crippen LogP contribution is 2.40. The molecule has 1 atom stereocenters. The second-order valence-corrected chi connectivity index (χ2v) is 8.45. The van der Waals surface area contributed by atoms with Gasteiger partial charge in [-0.15, -0.1) is 11.8 Å². The molecule has 0 saturated carbocycles. The Balaban J connectivity index is 1.72. The summed E-state index contributed by atoms with van der Waals surface area (Å²) in [6.45, 7) is 2.77. The number of carboxylic acids is 1. The van der Waals surface area contributed by atoms with E-state index < -0.39 is 23.4 Å². The first kappa shape index (κ1) is 19.9. The molecule has 0 bridgehead atoms. The topological polar surface area (TPSA) is 83.8 Å². The lowest BCUT2D eigenvalue weighted by Gasteiger charge is -2.30. The van der Waals surface area contributed by atoms with Gasteiger partial charge in [0.25, 0.3) is 0 Å². The van der Waals surface area contributed by atoms with E-state index in [1.165, 1.54) is 11.8 Å². The van der Waals surface area contributed by atoms with Gasteiger partial charge in [-0.1, -0.05) is 18.2 Å². The SMILES string of the molecule is O=C(O)c1c2n(c3cc(N4CCNCC4)c(F)cc3c1=O)C(Oc1ccccc1)CS2. The number of hydrogen-bond donors (Lipinski definition) is 2. The highest BCUT2D eigenvalue weighted by Gasteiger charge is 2.33. The van der Waals surface area contributed by atoms with E-state index in [-0.39, 0.29) is 10.9 Å². The molecule has 3 heterocycles. The number of hydrogen-bond acceptors (Lipinski definition) is 6. The number of halogens is 1. The molecule has 2 aliphatic rings. The van der Waals surface area contributed by atoms with Crippen molar-refractivity contribution in [3.05, 3.63) is 64.1 Å². The average Bonchev–Trinajstić information content (AvgIpc) is 3.18. The van der Waals surface area contributed by atoms with Crippen molar-refractivity contribution >= 4 is 34.3 Å². The van der Waals surface area contributed by atoms with Crippen LogP contribution in [0, 0.1) is 5.82 Å². The Labute approximate surface area is 181 Å². The first-order chi connectivity index (χ1) is 15.0. The molecule has 1 unspecified atom stereocenters. The third-order valence-corrected chi connectivity index (χ3v) is 6.69. The lowest BCUT2D eigenvalue weighted by Crippen LogP contribution is -2.44. The highest BCUT2D eigenvalue weighted by molar-refractivity contribution is 7.99. The maximum absolute atomic E-state index is 15.0. The second-order valence-electron chi connectivity index (χ2n) is 7.44.